The van der Waals surface area contributed by atoms with Crippen LogP contribution in [-0.2, 0) is 9.53 Å². The lowest BCUT2D eigenvalue weighted by atomic mass is 10.2. The molecule has 0 aliphatic rings. The first-order valence-corrected chi connectivity index (χ1v) is 6.62. The van der Waals surface area contributed by atoms with Gasteiger partial charge >= 0.3 is 5.97 Å². The van der Waals surface area contributed by atoms with Crippen molar-refractivity contribution >= 4 is 23.3 Å². The van der Waals surface area contributed by atoms with E-state index in [1.165, 1.54) is 0 Å². The number of esters is 1. The molecule has 1 unspecified atom stereocenters. The zero-order chi connectivity index (χ0) is 14.4. The Bertz CT molecular complexity index is 415. The van der Waals surface area contributed by atoms with Crippen molar-refractivity contribution in [3.63, 3.8) is 0 Å². The van der Waals surface area contributed by atoms with Gasteiger partial charge in [0.1, 0.15) is 12.6 Å². The first-order chi connectivity index (χ1) is 8.91. The number of nitrogens with zero attached hydrogens (tertiary/aromatic N) is 1. The summed E-state index contributed by atoms with van der Waals surface area (Å²) in [5.74, 6) is -0.277. The molecular formula is C14H21ClN2O2. The lowest BCUT2D eigenvalue weighted by Gasteiger charge is -2.18. The van der Waals surface area contributed by atoms with Crippen LogP contribution in [0, 0.1) is 6.92 Å². The lowest BCUT2D eigenvalue weighted by Crippen LogP contribution is -2.30. The van der Waals surface area contributed by atoms with Crippen LogP contribution in [0.5, 0.6) is 0 Å². The topological polar surface area (TPSA) is 41.6 Å². The van der Waals surface area contributed by atoms with Crippen LogP contribution in [0.1, 0.15) is 12.5 Å². The predicted molar refractivity (Wildman–Crippen MR) is 78.8 cm³/mol. The van der Waals surface area contributed by atoms with E-state index in [0.29, 0.717) is 18.2 Å². The molecule has 106 valence electrons. The molecule has 0 heterocycles. The number of benzene rings is 1. The first-order valence-electron chi connectivity index (χ1n) is 6.25. The van der Waals surface area contributed by atoms with Crippen molar-refractivity contribution in [1.29, 1.82) is 0 Å². The Balaban J connectivity index is 2.54. The fraction of sp³-hybridized carbons (Fsp3) is 0.500. The molecule has 0 amide bonds. The van der Waals surface area contributed by atoms with Crippen LogP contribution in [0.3, 0.4) is 0 Å². The quantitative estimate of drug-likeness (QED) is 0.815. The van der Waals surface area contributed by atoms with Crippen molar-refractivity contribution in [2.75, 3.05) is 32.6 Å². The second-order valence-electron chi connectivity index (χ2n) is 4.77. The molecule has 5 heteroatoms. The summed E-state index contributed by atoms with van der Waals surface area (Å²) in [5, 5.41) is 3.70. The summed E-state index contributed by atoms with van der Waals surface area (Å²) in [6.07, 6.45) is 0. The van der Waals surface area contributed by atoms with Crippen LogP contribution in [-0.4, -0.2) is 44.2 Å². The maximum absolute atomic E-state index is 11.8. The number of aryl methyl sites for hydroxylation is 1. The second-order valence-corrected chi connectivity index (χ2v) is 5.18. The maximum Gasteiger partial charge on any atom is 0.328 e. The Morgan fingerprint density at radius 2 is 2.16 bits per heavy atom. The van der Waals surface area contributed by atoms with Crippen LogP contribution in [0.25, 0.3) is 0 Å². The molecule has 19 heavy (non-hydrogen) atoms. The first kappa shape index (κ1) is 15.8. The highest BCUT2D eigenvalue weighted by Gasteiger charge is 2.16. The molecule has 0 spiro atoms. The number of hydrogen-bond donors (Lipinski definition) is 1. The largest absolute Gasteiger partial charge is 0.463 e. The number of hydrogen-bond acceptors (Lipinski definition) is 4. The van der Waals surface area contributed by atoms with Gasteiger partial charge in [0.25, 0.3) is 0 Å². The molecule has 1 aromatic carbocycles. The van der Waals surface area contributed by atoms with Crippen molar-refractivity contribution in [2.24, 2.45) is 0 Å². The monoisotopic (exact) mass is 284 g/mol. The molecule has 1 N–H and O–H groups in total. The van der Waals surface area contributed by atoms with Crippen LogP contribution in [0.2, 0.25) is 5.02 Å². The summed E-state index contributed by atoms with van der Waals surface area (Å²) in [4.78, 5) is 13.8. The van der Waals surface area contributed by atoms with Crippen LogP contribution >= 0.6 is 11.6 Å². The summed E-state index contributed by atoms with van der Waals surface area (Å²) < 4.78 is 5.18. The van der Waals surface area contributed by atoms with E-state index in [1.54, 1.807) is 13.0 Å². The summed E-state index contributed by atoms with van der Waals surface area (Å²) in [7, 11) is 3.87. The Morgan fingerprint density at radius 1 is 1.47 bits per heavy atom. The fourth-order valence-corrected chi connectivity index (χ4v) is 1.82. The van der Waals surface area contributed by atoms with Gasteiger partial charge < -0.3 is 15.0 Å². The van der Waals surface area contributed by atoms with E-state index in [-0.39, 0.29) is 5.97 Å². The Hall–Kier alpha value is -1.26. The number of carbonyl (C=O) groups excluding carboxylic acids is 1. The van der Waals surface area contributed by atoms with E-state index in [4.69, 9.17) is 16.3 Å². The number of likely N-dealkylation sites (N-methyl/N-ethyl adjacent to an activating group) is 1. The van der Waals surface area contributed by atoms with E-state index < -0.39 is 6.04 Å². The molecule has 1 atom stereocenters. The van der Waals surface area contributed by atoms with E-state index in [2.05, 4.69) is 5.32 Å². The molecule has 0 bridgehead atoms. The zero-order valence-corrected chi connectivity index (χ0v) is 12.6. The molecular weight excluding hydrogens is 264 g/mol. The molecule has 0 aliphatic carbocycles. The number of para-hydroxylation sites is 1. The zero-order valence-electron chi connectivity index (χ0n) is 11.9. The van der Waals surface area contributed by atoms with Crippen LogP contribution in [0.4, 0.5) is 5.69 Å². The third-order valence-corrected chi connectivity index (χ3v) is 3.03. The second kappa shape index (κ2) is 7.36. The average molecular weight is 285 g/mol. The molecule has 1 aromatic rings. The highest BCUT2D eigenvalue weighted by Crippen LogP contribution is 2.25. The maximum atomic E-state index is 11.8. The number of anilines is 1. The molecule has 0 aromatic heterocycles. The van der Waals surface area contributed by atoms with Gasteiger partial charge in [-0.2, -0.15) is 0 Å². The van der Waals surface area contributed by atoms with Gasteiger partial charge in [0, 0.05) is 6.54 Å². The van der Waals surface area contributed by atoms with Crippen molar-refractivity contribution in [3.8, 4) is 0 Å². The van der Waals surface area contributed by atoms with E-state index in [0.717, 1.165) is 11.3 Å². The number of halogens is 1. The average Bonchev–Trinajstić information content (AvgIpc) is 2.33. The Morgan fingerprint density at radius 3 is 2.74 bits per heavy atom. The van der Waals surface area contributed by atoms with Gasteiger partial charge in [-0.05, 0) is 39.6 Å². The van der Waals surface area contributed by atoms with Crippen molar-refractivity contribution in [3.05, 3.63) is 28.8 Å². The molecule has 0 aliphatic heterocycles. The van der Waals surface area contributed by atoms with Gasteiger partial charge in [-0.15, -0.1) is 0 Å². The fourth-order valence-electron chi connectivity index (χ4n) is 1.54. The standard InChI is InChI=1S/C14H21ClN2O2/c1-10-6-5-7-12(15)13(10)16-11(2)14(18)19-9-8-17(3)4/h5-7,11,16H,8-9H2,1-4H3. The van der Waals surface area contributed by atoms with E-state index >= 15 is 0 Å². The summed E-state index contributed by atoms with van der Waals surface area (Å²) in [6.45, 7) is 4.81. The highest BCUT2D eigenvalue weighted by molar-refractivity contribution is 6.33. The Labute approximate surface area is 119 Å². The summed E-state index contributed by atoms with van der Waals surface area (Å²) in [6, 6.07) is 5.18. The molecule has 0 saturated heterocycles. The van der Waals surface area contributed by atoms with Crippen molar-refractivity contribution in [1.82, 2.24) is 4.90 Å². The van der Waals surface area contributed by atoms with Crippen molar-refractivity contribution in [2.45, 2.75) is 19.9 Å². The van der Waals surface area contributed by atoms with Gasteiger partial charge in [0.15, 0.2) is 0 Å². The predicted octanol–water partition coefficient (Wildman–Crippen LogP) is 2.55. The molecule has 4 nitrogen and oxygen atoms in total. The van der Waals surface area contributed by atoms with Crippen molar-refractivity contribution < 1.29 is 9.53 Å². The SMILES string of the molecule is Cc1cccc(Cl)c1NC(C)C(=O)OCCN(C)C. The number of carbonyl (C=O) groups is 1. The minimum absolute atomic E-state index is 0.277. The van der Waals surface area contributed by atoms with Crippen LogP contribution < -0.4 is 5.32 Å². The summed E-state index contributed by atoms with van der Waals surface area (Å²) in [5.41, 5.74) is 1.78. The highest BCUT2D eigenvalue weighted by atomic mass is 35.5. The van der Waals surface area contributed by atoms with Gasteiger partial charge in [0.05, 0.1) is 10.7 Å². The number of ether oxygens (including phenoxy) is 1. The van der Waals surface area contributed by atoms with Gasteiger partial charge in [-0.25, -0.2) is 4.79 Å². The van der Waals surface area contributed by atoms with Gasteiger partial charge in [-0.3, -0.25) is 0 Å². The molecule has 1 rings (SSSR count). The minimum Gasteiger partial charge on any atom is -0.463 e. The third-order valence-electron chi connectivity index (χ3n) is 2.72. The van der Waals surface area contributed by atoms with E-state index in [9.17, 15) is 4.79 Å². The normalized spacial score (nSPS) is 12.3. The van der Waals surface area contributed by atoms with Gasteiger partial charge in [-0.1, -0.05) is 23.7 Å². The lowest BCUT2D eigenvalue weighted by molar-refractivity contribution is -0.144. The van der Waals surface area contributed by atoms with Crippen LogP contribution in [0.15, 0.2) is 18.2 Å². The van der Waals surface area contributed by atoms with E-state index in [1.807, 2.05) is 38.1 Å². The minimum atomic E-state index is -0.430. The molecule has 0 radical (unpaired) electrons. The third kappa shape index (κ3) is 5.09. The Kier molecular flexibility index (Phi) is 6.12. The summed E-state index contributed by atoms with van der Waals surface area (Å²) >= 11 is 6.10. The smallest absolute Gasteiger partial charge is 0.328 e. The molecule has 0 saturated carbocycles. The van der Waals surface area contributed by atoms with Gasteiger partial charge in [0.2, 0.25) is 0 Å². The number of nitrogens with one attached hydrogen (secondary N) is 1. The molecule has 0 fully saturated rings. The number of rotatable bonds is 6.